The van der Waals surface area contributed by atoms with Crippen LogP contribution in [0.1, 0.15) is 44.1 Å². The first kappa shape index (κ1) is 19.6. The van der Waals surface area contributed by atoms with Crippen molar-refractivity contribution >= 4 is 0 Å². The van der Waals surface area contributed by atoms with Crippen LogP contribution >= 0.6 is 0 Å². The van der Waals surface area contributed by atoms with Gasteiger partial charge in [0, 0.05) is 17.2 Å². The molecule has 0 heterocycles. The van der Waals surface area contributed by atoms with Gasteiger partial charge in [0.15, 0.2) is 0 Å². The third-order valence-corrected chi connectivity index (χ3v) is 4.64. The summed E-state index contributed by atoms with van der Waals surface area (Å²) >= 11 is 0. The SMILES string of the molecule is CC1CCC(c2cc(F)c(-c3cc(F)[c-]c(F)c3)c(F)c2)CC1.[Y+3]. The maximum absolute atomic E-state index is 14.4. The standard InChI is InChI=1S/C19H17F4.Y/c1-11-2-4-12(5-3-11)13-8-17(22)19(18(23)9-13)14-6-15(20)10-16(21)7-14;/h6-9,11-12H,2-5H2,1H3;/q-1;+3. The summed E-state index contributed by atoms with van der Waals surface area (Å²) in [6, 6.07) is 6.17. The Kier molecular flexibility index (Phi) is 6.61. The molecule has 0 aromatic heterocycles. The molecule has 24 heavy (non-hydrogen) atoms. The van der Waals surface area contributed by atoms with Crippen LogP contribution in [0.2, 0.25) is 0 Å². The van der Waals surface area contributed by atoms with Crippen LogP contribution in [0.15, 0.2) is 24.3 Å². The second-order valence-corrected chi connectivity index (χ2v) is 6.38. The summed E-state index contributed by atoms with van der Waals surface area (Å²) in [6.07, 6.45) is 3.90. The average molecular weight is 410 g/mol. The fourth-order valence-electron chi connectivity index (χ4n) is 3.34. The van der Waals surface area contributed by atoms with E-state index in [4.69, 9.17) is 0 Å². The molecule has 2 aromatic carbocycles. The van der Waals surface area contributed by atoms with Gasteiger partial charge in [-0.1, -0.05) is 19.8 Å². The van der Waals surface area contributed by atoms with Crippen LogP contribution < -0.4 is 0 Å². The summed E-state index contributed by atoms with van der Waals surface area (Å²) in [7, 11) is 0. The Balaban J connectivity index is 0.00000208. The molecule has 0 spiro atoms. The molecule has 1 aliphatic rings. The summed E-state index contributed by atoms with van der Waals surface area (Å²) in [5.74, 6) is -2.76. The Morgan fingerprint density at radius 1 is 0.833 bits per heavy atom. The van der Waals surface area contributed by atoms with E-state index in [1.54, 1.807) is 0 Å². The molecule has 0 unspecified atom stereocenters. The Morgan fingerprint density at radius 2 is 1.33 bits per heavy atom. The fraction of sp³-hybridized carbons (Fsp3) is 0.368. The van der Waals surface area contributed by atoms with E-state index in [2.05, 4.69) is 6.92 Å². The van der Waals surface area contributed by atoms with Crippen molar-refractivity contribution in [1.82, 2.24) is 0 Å². The van der Waals surface area contributed by atoms with Gasteiger partial charge in [-0.2, -0.15) is 0 Å². The molecule has 0 saturated heterocycles. The topological polar surface area (TPSA) is 0 Å². The number of hydrogen-bond acceptors (Lipinski definition) is 0. The normalized spacial score (nSPS) is 20.5. The molecule has 1 fully saturated rings. The second kappa shape index (κ2) is 8.10. The molecule has 5 heteroatoms. The Bertz CT molecular complexity index is 678. The zero-order chi connectivity index (χ0) is 16.6. The molecule has 1 aliphatic carbocycles. The Hall–Kier alpha value is -0.736. The van der Waals surface area contributed by atoms with Crippen LogP contribution in [0.4, 0.5) is 17.6 Å². The van der Waals surface area contributed by atoms with Crippen LogP contribution in [0, 0.1) is 35.3 Å². The van der Waals surface area contributed by atoms with Gasteiger partial charge in [-0.3, -0.25) is 0 Å². The van der Waals surface area contributed by atoms with Gasteiger partial charge < -0.3 is 0 Å². The molecule has 0 atom stereocenters. The van der Waals surface area contributed by atoms with Gasteiger partial charge in [0.2, 0.25) is 0 Å². The van der Waals surface area contributed by atoms with Crippen LogP contribution in [0.5, 0.6) is 0 Å². The molecule has 1 saturated carbocycles. The predicted octanol–water partition coefficient (Wildman–Crippen LogP) is 6.00. The first-order chi connectivity index (χ1) is 10.9. The van der Waals surface area contributed by atoms with Crippen molar-refractivity contribution in [3.8, 4) is 11.1 Å². The molecule has 0 aliphatic heterocycles. The van der Waals surface area contributed by atoms with Gasteiger partial charge in [-0.15, -0.1) is 23.8 Å². The molecular weight excluding hydrogens is 393 g/mol. The summed E-state index contributed by atoms with van der Waals surface area (Å²) in [4.78, 5) is 0. The number of rotatable bonds is 2. The van der Waals surface area contributed by atoms with Gasteiger partial charge in [-0.05, 0) is 42.4 Å². The van der Waals surface area contributed by atoms with Crippen molar-refractivity contribution in [2.75, 3.05) is 0 Å². The first-order valence-electron chi connectivity index (χ1n) is 7.81. The zero-order valence-electron chi connectivity index (χ0n) is 13.4. The summed E-state index contributed by atoms with van der Waals surface area (Å²) in [5, 5.41) is 0. The maximum Gasteiger partial charge on any atom is 3.00 e. The monoisotopic (exact) mass is 410 g/mol. The van der Waals surface area contributed by atoms with Gasteiger partial charge in [0.1, 0.15) is 11.6 Å². The molecule has 122 valence electrons. The van der Waals surface area contributed by atoms with E-state index in [1.165, 1.54) is 12.1 Å². The summed E-state index contributed by atoms with van der Waals surface area (Å²) in [6.45, 7) is 2.18. The van der Waals surface area contributed by atoms with Crippen molar-refractivity contribution in [3.05, 3.63) is 59.2 Å². The van der Waals surface area contributed by atoms with Crippen molar-refractivity contribution < 1.29 is 50.3 Å². The predicted molar refractivity (Wildman–Crippen MR) is 80.9 cm³/mol. The van der Waals surface area contributed by atoms with E-state index in [9.17, 15) is 17.6 Å². The molecule has 0 radical (unpaired) electrons. The van der Waals surface area contributed by atoms with E-state index < -0.39 is 28.8 Å². The van der Waals surface area contributed by atoms with Crippen LogP contribution in [0.25, 0.3) is 11.1 Å². The maximum atomic E-state index is 14.4. The van der Waals surface area contributed by atoms with Crippen molar-refractivity contribution in [3.63, 3.8) is 0 Å². The van der Waals surface area contributed by atoms with Crippen LogP contribution in [0.3, 0.4) is 0 Å². The quantitative estimate of drug-likeness (QED) is 0.421. The molecular formula is C19H17F4Y+2. The first-order valence-corrected chi connectivity index (χ1v) is 7.81. The summed E-state index contributed by atoms with van der Waals surface area (Å²) in [5.41, 5.74) is 0.0707. The number of halogens is 4. The smallest absolute Gasteiger partial charge is 0.236 e. The number of hydrogen-bond donors (Lipinski definition) is 0. The van der Waals surface area contributed by atoms with E-state index in [-0.39, 0.29) is 44.2 Å². The van der Waals surface area contributed by atoms with E-state index >= 15 is 0 Å². The van der Waals surface area contributed by atoms with E-state index in [0.717, 1.165) is 37.8 Å². The molecule has 0 amide bonds. The van der Waals surface area contributed by atoms with Crippen LogP contribution in [-0.4, -0.2) is 0 Å². The third kappa shape index (κ3) is 4.26. The van der Waals surface area contributed by atoms with E-state index in [1.807, 2.05) is 6.07 Å². The molecule has 0 bridgehead atoms. The van der Waals surface area contributed by atoms with Gasteiger partial charge in [-0.25, -0.2) is 17.6 Å². The molecule has 2 aromatic rings. The molecule has 3 rings (SSSR count). The molecule has 0 nitrogen and oxygen atoms in total. The number of benzene rings is 2. The van der Waals surface area contributed by atoms with Crippen molar-refractivity contribution in [2.24, 2.45) is 5.92 Å². The van der Waals surface area contributed by atoms with Crippen LogP contribution in [-0.2, 0) is 32.7 Å². The minimum atomic E-state index is -0.982. The Labute approximate surface area is 164 Å². The minimum absolute atomic E-state index is 0. The Morgan fingerprint density at radius 3 is 1.83 bits per heavy atom. The second-order valence-electron chi connectivity index (χ2n) is 6.38. The third-order valence-electron chi connectivity index (χ3n) is 4.64. The minimum Gasteiger partial charge on any atom is -0.236 e. The van der Waals surface area contributed by atoms with Gasteiger partial charge >= 0.3 is 32.7 Å². The van der Waals surface area contributed by atoms with Gasteiger partial charge in [0.05, 0.1) is 0 Å². The van der Waals surface area contributed by atoms with E-state index in [0.29, 0.717) is 11.5 Å². The van der Waals surface area contributed by atoms with Gasteiger partial charge in [0.25, 0.3) is 0 Å². The largest absolute Gasteiger partial charge is 3.00 e. The fourth-order valence-corrected chi connectivity index (χ4v) is 3.34. The van der Waals surface area contributed by atoms with Crippen molar-refractivity contribution in [2.45, 2.75) is 38.5 Å². The summed E-state index contributed by atoms with van der Waals surface area (Å²) < 4.78 is 55.3. The average Bonchev–Trinajstić information content (AvgIpc) is 2.46. The molecule has 0 N–H and O–H groups in total. The zero-order valence-corrected chi connectivity index (χ0v) is 16.2. The van der Waals surface area contributed by atoms with Crippen molar-refractivity contribution in [1.29, 1.82) is 0 Å².